The maximum atomic E-state index is 10.8. The molecule has 1 aromatic heterocycles. The van der Waals surface area contributed by atoms with E-state index in [1.54, 1.807) is 12.3 Å². The molecule has 0 saturated heterocycles. The van der Waals surface area contributed by atoms with Gasteiger partial charge in [-0.25, -0.2) is 0 Å². The number of primary amides is 1. The van der Waals surface area contributed by atoms with Crippen molar-refractivity contribution < 1.29 is 14.7 Å². The van der Waals surface area contributed by atoms with Crippen molar-refractivity contribution in [1.82, 2.24) is 9.88 Å². The highest BCUT2D eigenvalue weighted by atomic mass is 16.4. The number of rotatable bonds is 6. The van der Waals surface area contributed by atoms with E-state index in [0.29, 0.717) is 6.54 Å². The van der Waals surface area contributed by atoms with Crippen LogP contribution in [0.3, 0.4) is 0 Å². The minimum Gasteiger partial charge on any atom is -0.480 e. The first-order valence-electron chi connectivity index (χ1n) is 5.12. The van der Waals surface area contributed by atoms with E-state index in [-0.39, 0.29) is 13.1 Å². The van der Waals surface area contributed by atoms with Crippen molar-refractivity contribution in [3.8, 4) is 0 Å². The Morgan fingerprint density at radius 3 is 2.71 bits per heavy atom. The monoisotopic (exact) mass is 237 g/mol. The lowest BCUT2D eigenvalue weighted by molar-refractivity contribution is -0.138. The number of pyridine rings is 1. The first-order valence-corrected chi connectivity index (χ1v) is 5.12. The van der Waals surface area contributed by atoms with Crippen LogP contribution in [0.1, 0.15) is 11.3 Å². The molecule has 1 heterocycles. The van der Waals surface area contributed by atoms with Gasteiger partial charge in [0.2, 0.25) is 5.91 Å². The molecule has 0 aliphatic rings. The minimum absolute atomic E-state index is 0.0949. The van der Waals surface area contributed by atoms with Crippen LogP contribution in [0.5, 0.6) is 0 Å². The highest BCUT2D eigenvalue weighted by Gasteiger charge is 2.14. The van der Waals surface area contributed by atoms with Crippen molar-refractivity contribution in [3.63, 3.8) is 0 Å². The number of carbonyl (C=O) groups is 2. The number of carboxylic acid groups (broad SMARTS) is 1. The van der Waals surface area contributed by atoms with Gasteiger partial charge in [0.05, 0.1) is 18.8 Å². The summed E-state index contributed by atoms with van der Waals surface area (Å²) in [6.45, 7) is 1.84. The van der Waals surface area contributed by atoms with Crippen LogP contribution in [0.2, 0.25) is 0 Å². The summed E-state index contributed by atoms with van der Waals surface area (Å²) in [5.41, 5.74) is 6.76. The van der Waals surface area contributed by atoms with Crippen molar-refractivity contribution >= 4 is 11.9 Å². The predicted molar refractivity (Wildman–Crippen MR) is 61.1 cm³/mol. The first kappa shape index (κ1) is 13.1. The highest BCUT2D eigenvalue weighted by molar-refractivity contribution is 5.77. The van der Waals surface area contributed by atoms with E-state index >= 15 is 0 Å². The van der Waals surface area contributed by atoms with Crippen LogP contribution in [0.15, 0.2) is 18.3 Å². The van der Waals surface area contributed by atoms with Gasteiger partial charge in [-0.3, -0.25) is 19.5 Å². The SMILES string of the molecule is Cc1cccnc1CN(CC(N)=O)CC(=O)O. The van der Waals surface area contributed by atoms with Gasteiger partial charge in [-0.05, 0) is 18.6 Å². The Morgan fingerprint density at radius 2 is 2.18 bits per heavy atom. The van der Waals surface area contributed by atoms with Crippen molar-refractivity contribution in [2.45, 2.75) is 13.5 Å². The second kappa shape index (κ2) is 5.95. The van der Waals surface area contributed by atoms with Crippen LogP contribution < -0.4 is 5.73 Å². The maximum absolute atomic E-state index is 10.8. The van der Waals surface area contributed by atoms with Crippen LogP contribution in [0.25, 0.3) is 0 Å². The van der Waals surface area contributed by atoms with Crippen molar-refractivity contribution in [1.29, 1.82) is 0 Å². The summed E-state index contributed by atoms with van der Waals surface area (Å²) in [6, 6.07) is 3.68. The van der Waals surface area contributed by atoms with Crippen molar-refractivity contribution in [3.05, 3.63) is 29.6 Å². The number of nitrogens with zero attached hydrogens (tertiary/aromatic N) is 2. The van der Waals surface area contributed by atoms with Gasteiger partial charge in [0, 0.05) is 12.7 Å². The molecule has 17 heavy (non-hydrogen) atoms. The predicted octanol–water partition coefficient (Wildman–Crippen LogP) is -0.238. The molecule has 3 N–H and O–H groups in total. The summed E-state index contributed by atoms with van der Waals surface area (Å²) in [5, 5.41) is 8.73. The summed E-state index contributed by atoms with van der Waals surface area (Å²) in [5.74, 6) is -1.56. The molecular formula is C11H15N3O3. The topological polar surface area (TPSA) is 96.5 Å². The van der Waals surface area contributed by atoms with Gasteiger partial charge in [0.15, 0.2) is 0 Å². The summed E-state index contributed by atoms with van der Waals surface area (Å²) in [4.78, 5) is 27.1. The third-order valence-electron chi connectivity index (χ3n) is 2.23. The molecule has 0 spiro atoms. The van der Waals surface area contributed by atoms with Gasteiger partial charge in [-0.2, -0.15) is 0 Å². The van der Waals surface area contributed by atoms with Crippen LogP contribution in [-0.4, -0.2) is 40.0 Å². The number of carboxylic acids is 1. The van der Waals surface area contributed by atoms with E-state index < -0.39 is 11.9 Å². The lowest BCUT2D eigenvalue weighted by atomic mass is 10.2. The molecule has 1 amide bonds. The number of amides is 1. The van der Waals surface area contributed by atoms with Crippen LogP contribution in [-0.2, 0) is 16.1 Å². The molecule has 6 heteroatoms. The van der Waals surface area contributed by atoms with Gasteiger partial charge in [-0.15, -0.1) is 0 Å². The second-order valence-electron chi connectivity index (χ2n) is 3.77. The van der Waals surface area contributed by atoms with Crippen LogP contribution in [0.4, 0.5) is 0 Å². The van der Waals surface area contributed by atoms with E-state index in [1.807, 2.05) is 13.0 Å². The molecule has 0 aliphatic heterocycles. The molecule has 0 bridgehead atoms. The van der Waals surface area contributed by atoms with Crippen LogP contribution >= 0.6 is 0 Å². The van der Waals surface area contributed by atoms with Crippen LogP contribution in [0, 0.1) is 6.92 Å². The lowest BCUT2D eigenvalue weighted by Crippen LogP contribution is -2.37. The molecule has 0 saturated carbocycles. The number of hydrogen-bond acceptors (Lipinski definition) is 4. The zero-order valence-corrected chi connectivity index (χ0v) is 9.59. The molecule has 0 aliphatic carbocycles. The molecule has 0 atom stereocenters. The zero-order valence-electron chi connectivity index (χ0n) is 9.59. The van der Waals surface area contributed by atoms with Crippen molar-refractivity contribution in [2.24, 2.45) is 5.73 Å². The quantitative estimate of drug-likeness (QED) is 0.712. The van der Waals surface area contributed by atoms with E-state index in [2.05, 4.69) is 4.98 Å². The Balaban J connectivity index is 2.75. The molecule has 0 aromatic carbocycles. The fourth-order valence-electron chi connectivity index (χ4n) is 1.48. The standard InChI is InChI=1S/C11H15N3O3/c1-8-3-2-4-13-9(8)5-14(6-10(12)15)7-11(16)17/h2-4H,5-7H2,1H3,(H2,12,15)(H,16,17). The fourth-order valence-corrected chi connectivity index (χ4v) is 1.48. The minimum atomic E-state index is -1.00. The average Bonchev–Trinajstić information content (AvgIpc) is 2.19. The Bertz CT molecular complexity index is 404. The van der Waals surface area contributed by atoms with Gasteiger partial charge < -0.3 is 10.8 Å². The Labute approximate surface area is 99.1 Å². The summed E-state index contributed by atoms with van der Waals surface area (Å²) in [6.07, 6.45) is 1.63. The van der Waals surface area contributed by atoms with Gasteiger partial charge in [0.1, 0.15) is 0 Å². The number of carbonyl (C=O) groups excluding carboxylic acids is 1. The van der Waals surface area contributed by atoms with Gasteiger partial charge in [-0.1, -0.05) is 6.07 Å². The van der Waals surface area contributed by atoms with Gasteiger partial charge >= 0.3 is 5.97 Å². The number of aliphatic carboxylic acids is 1. The van der Waals surface area contributed by atoms with E-state index in [0.717, 1.165) is 11.3 Å². The average molecular weight is 237 g/mol. The number of aryl methyl sites for hydroxylation is 1. The molecule has 0 unspecified atom stereocenters. The first-order chi connectivity index (χ1) is 7.99. The molecule has 6 nitrogen and oxygen atoms in total. The lowest BCUT2D eigenvalue weighted by Gasteiger charge is -2.18. The molecule has 0 fully saturated rings. The molecule has 0 radical (unpaired) electrons. The Kier molecular flexibility index (Phi) is 4.59. The fraction of sp³-hybridized carbons (Fsp3) is 0.364. The molecule has 92 valence electrons. The summed E-state index contributed by atoms with van der Waals surface area (Å²) < 4.78 is 0. The number of hydrogen-bond donors (Lipinski definition) is 2. The Hall–Kier alpha value is -1.95. The second-order valence-corrected chi connectivity index (χ2v) is 3.77. The zero-order chi connectivity index (χ0) is 12.8. The smallest absolute Gasteiger partial charge is 0.317 e. The van der Waals surface area contributed by atoms with E-state index in [9.17, 15) is 9.59 Å². The normalized spacial score (nSPS) is 10.5. The summed E-state index contributed by atoms with van der Waals surface area (Å²) in [7, 11) is 0. The molecular weight excluding hydrogens is 222 g/mol. The molecule has 1 rings (SSSR count). The summed E-state index contributed by atoms with van der Waals surface area (Å²) >= 11 is 0. The van der Waals surface area contributed by atoms with E-state index in [1.165, 1.54) is 4.90 Å². The number of nitrogens with two attached hydrogens (primary N) is 1. The van der Waals surface area contributed by atoms with Crippen molar-refractivity contribution in [2.75, 3.05) is 13.1 Å². The third kappa shape index (κ3) is 4.60. The largest absolute Gasteiger partial charge is 0.480 e. The molecule has 1 aromatic rings. The Morgan fingerprint density at radius 1 is 1.47 bits per heavy atom. The third-order valence-corrected chi connectivity index (χ3v) is 2.23. The number of aromatic nitrogens is 1. The highest BCUT2D eigenvalue weighted by Crippen LogP contribution is 2.06. The van der Waals surface area contributed by atoms with Gasteiger partial charge in [0.25, 0.3) is 0 Å². The van der Waals surface area contributed by atoms with E-state index in [4.69, 9.17) is 10.8 Å². The maximum Gasteiger partial charge on any atom is 0.317 e.